The standard InChI is InChI=1S/C16H23ClN2O2/c1-10-4-5-14(17)15(8-10)21-12(3)16(20)19-7-6-13(18)9-11(19)2/h4-5,8,11-13H,6-7,9,18H2,1-3H3/t11-,12+,13-/m0/s1. The Bertz CT molecular complexity index is 521. The van der Waals surface area contributed by atoms with Crippen molar-refractivity contribution in [1.82, 2.24) is 4.90 Å². The molecule has 1 fully saturated rings. The summed E-state index contributed by atoms with van der Waals surface area (Å²) in [4.78, 5) is 14.4. The molecule has 1 aromatic rings. The average molecular weight is 311 g/mol. The molecule has 21 heavy (non-hydrogen) atoms. The lowest BCUT2D eigenvalue weighted by Gasteiger charge is -2.37. The summed E-state index contributed by atoms with van der Waals surface area (Å²) in [5.41, 5.74) is 6.98. The second kappa shape index (κ2) is 6.67. The minimum absolute atomic E-state index is 0.00743. The summed E-state index contributed by atoms with van der Waals surface area (Å²) in [5.74, 6) is 0.547. The van der Waals surface area contributed by atoms with Gasteiger partial charge in [-0.2, -0.15) is 0 Å². The average Bonchev–Trinajstić information content (AvgIpc) is 2.42. The Morgan fingerprint density at radius 1 is 1.52 bits per heavy atom. The maximum absolute atomic E-state index is 12.5. The fraction of sp³-hybridized carbons (Fsp3) is 0.562. The number of rotatable bonds is 3. The number of piperidine rings is 1. The van der Waals surface area contributed by atoms with Crippen molar-refractivity contribution in [3.05, 3.63) is 28.8 Å². The van der Waals surface area contributed by atoms with Crippen LogP contribution in [0.5, 0.6) is 5.75 Å². The second-order valence-electron chi connectivity index (χ2n) is 5.86. The Morgan fingerprint density at radius 2 is 2.24 bits per heavy atom. The van der Waals surface area contributed by atoms with E-state index in [0.29, 0.717) is 17.3 Å². The molecular weight excluding hydrogens is 288 g/mol. The lowest BCUT2D eigenvalue weighted by atomic mass is 9.98. The summed E-state index contributed by atoms with van der Waals surface area (Å²) in [6.07, 6.45) is 1.12. The lowest BCUT2D eigenvalue weighted by Crippen LogP contribution is -2.51. The molecule has 1 amide bonds. The van der Waals surface area contributed by atoms with E-state index < -0.39 is 6.10 Å². The van der Waals surface area contributed by atoms with Gasteiger partial charge in [0.15, 0.2) is 6.10 Å². The fourth-order valence-electron chi connectivity index (χ4n) is 2.71. The topological polar surface area (TPSA) is 55.6 Å². The zero-order valence-corrected chi connectivity index (χ0v) is 13.6. The van der Waals surface area contributed by atoms with Gasteiger partial charge in [-0.15, -0.1) is 0 Å². The Morgan fingerprint density at radius 3 is 2.90 bits per heavy atom. The molecule has 0 spiro atoms. The number of nitrogens with two attached hydrogens (primary N) is 1. The first-order chi connectivity index (χ1) is 9.88. The van der Waals surface area contributed by atoms with Gasteiger partial charge in [-0.1, -0.05) is 17.7 Å². The van der Waals surface area contributed by atoms with Crippen molar-refractivity contribution in [2.24, 2.45) is 5.73 Å². The van der Waals surface area contributed by atoms with Crippen molar-refractivity contribution in [2.75, 3.05) is 6.54 Å². The van der Waals surface area contributed by atoms with Crippen LogP contribution in [-0.2, 0) is 4.79 Å². The number of hydrogen-bond donors (Lipinski definition) is 1. The van der Waals surface area contributed by atoms with Gasteiger partial charge in [0.1, 0.15) is 5.75 Å². The van der Waals surface area contributed by atoms with E-state index in [0.717, 1.165) is 18.4 Å². The number of likely N-dealkylation sites (tertiary alicyclic amines) is 1. The molecule has 1 aliphatic heterocycles. The summed E-state index contributed by atoms with van der Waals surface area (Å²) in [6.45, 7) is 6.45. The number of hydrogen-bond acceptors (Lipinski definition) is 3. The predicted molar refractivity (Wildman–Crippen MR) is 84.7 cm³/mol. The van der Waals surface area contributed by atoms with Gasteiger partial charge >= 0.3 is 0 Å². The lowest BCUT2D eigenvalue weighted by molar-refractivity contribution is -0.141. The third kappa shape index (κ3) is 3.89. The Labute approximate surface area is 131 Å². The molecule has 0 bridgehead atoms. The molecule has 1 aliphatic rings. The fourth-order valence-corrected chi connectivity index (χ4v) is 2.87. The van der Waals surface area contributed by atoms with Crippen molar-refractivity contribution in [1.29, 1.82) is 0 Å². The highest BCUT2D eigenvalue weighted by atomic mass is 35.5. The number of halogens is 1. The van der Waals surface area contributed by atoms with E-state index >= 15 is 0 Å². The number of carbonyl (C=O) groups is 1. The van der Waals surface area contributed by atoms with Crippen LogP contribution in [-0.4, -0.2) is 35.5 Å². The molecule has 2 N–H and O–H groups in total. The van der Waals surface area contributed by atoms with Gasteiger partial charge in [-0.25, -0.2) is 0 Å². The minimum atomic E-state index is -0.555. The SMILES string of the molecule is Cc1ccc(Cl)c(O[C@H](C)C(=O)N2CC[C@H](N)C[C@@H]2C)c1. The van der Waals surface area contributed by atoms with E-state index in [4.69, 9.17) is 22.1 Å². The van der Waals surface area contributed by atoms with Crippen molar-refractivity contribution in [2.45, 2.75) is 51.8 Å². The smallest absolute Gasteiger partial charge is 0.263 e. The summed E-state index contributed by atoms with van der Waals surface area (Å²) in [6, 6.07) is 5.88. The summed E-state index contributed by atoms with van der Waals surface area (Å²) in [7, 11) is 0. The van der Waals surface area contributed by atoms with E-state index in [9.17, 15) is 4.79 Å². The normalized spacial score (nSPS) is 23.8. The zero-order chi connectivity index (χ0) is 15.6. The van der Waals surface area contributed by atoms with Crippen LogP contribution in [0.2, 0.25) is 5.02 Å². The Kier molecular flexibility index (Phi) is 5.12. The monoisotopic (exact) mass is 310 g/mol. The molecule has 0 saturated carbocycles. The molecule has 0 aromatic heterocycles. The molecule has 0 radical (unpaired) electrons. The van der Waals surface area contributed by atoms with Crippen molar-refractivity contribution >= 4 is 17.5 Å². The number of benzene rings is 1. The summed E-state index contributed by atoms with van der Waals surface area (Å²) < 4.78 is 5.76. The molecule has 116 valence electrons. The molecular formula is C16H23ClN2O2. The zero-order valence-electron chi connectivity index (χ0n) is 12.8. The maximum Gasteiger partial charge on any atom is 0.263 e. The van der Waals surface area contributed by atoms with Crippen molar-refractivity contribution < 1.29 is 9.53 Å². The number of ether oxygens (including phenoxy) is 1. The number of nitrogens with zero attached hydrogens (tertiary/aromatic N) is 1. The molecule has 0 unspecified atom stereocenters. The molecule has 3 atom stereocenters. The highest BCUT2D eigenvalue weighted by Gasteiger charge is 2.30. The van der Waals surface area contributed by atoms with E-state index in [2.05, 4.69) is 0 Å². The van der Waals surface area contributed by atoms with Crippen LogP contribution >= 0.6 is 11.6 Å². The van der Waals surface area contributed by atoms with Crippen LogP contribution in [0.4, 0.5) is 0 Å². The van der Waals surface area contributed by atoms with Crippen LogP contribution in [0.3, 0.4) is 0 Å². The predicted octanol–water partition coefficient (Wildman–Crippen LogP) is 2.75. The number of carbonyl (C=O) groups excluding carboxylic acids is 1. The number of aryl methyl sites for hydroxylation is 1. The number of amides is 1. The molecule has 1 aromatic carbocycles. The largest absolute Gasteiger partial charge is 0.479 e. The van der Waals surface area contributed by atoms with Gasteiger partial charge in [-0.3, -0.25) is 4.79 Å². The van der Waals surface area contributed by atoms with Crippen LogP contribution in [0.1, 0.15) is 32.3 Å². The Balaban J connectivity index is 2.04. The van der Waals surface area contributed by atoms with Gasteiger partial charge in [0.05, 0.1) is 5.02 Å². The van der Waals surface area contributed by atoms with Crippen molar-refractivity contribution in [3.63, 3.8) is 0 Å². The highest BCUT2D eigenvalue weighted by molar-refractivity contribution is 6.32. The first kappa shape index (κ1) is 16.1. The Hall–Kier alpha value is -1.26. The van der Waals surface area contributed by atoms with E-state index in [-0.39, 0.29) is 18.0 Å². The van der Waals surface area contributed by atoms with Crippen LogP contribution in [0.25, 0.3) is 0 Å². The molecule has 0 aliphatic carbocycles. The molecule has 2 rings (SSSR count). The third-order valence-electron chi connectivity index (χ3n) is 3.94. The van der Waals surface area contributed by atoms with Crippen molar-refractivity contribution in [3.8, 4) is 5.75 Å². The molecule has 4 nitrogen and oxygen atoms in total. The van der Waals surface area contributed by atoms with Gasteiger partial charge in [0.2, 0.25) is 0 Å². The molecule has 5 heteroatoms. The van der Waals surface area contributed by atoms with Crippen LogP contribution in [0.15, 0.2) is 18.2 Å². The second-order valence-corrected chi connectivity index (χ2v) is 6.27. The van der Waals surface area contributed by atoms with E-state index in [1.807, 2.05) is 30.9 Å². The third-order valence-corrected chi connectivity index (χ3v) is 4.25. The van der Waals surface area contributed by atoms with E-state index in [1.54, 1.807) is 13.0 Å². The first-order valence-electron chi connectivity index (χ1n) is 7.37. The minimum Gasteiger partial charge on any atom is -0.479 e. The summed E-state index contributed by atoms with van der Waals surface area (Å²) in [5, 5.41) is 0.522. The highest BCUT2D eigenvalue weighted by Crippen LogP contribution is 2.27. The molecule has 1 heterocycles. The first-order valence-corrected chi connectivity index (χ1v) is 7.75. The van der Waals surface area contributed by atoms with Crippen LogP contribution < -0.4 is 10.5 Å². The van der Waals surface area contributed by atoms with Gasteiger partial charge in [0, 0.05) is 18.6 Å². The summed E-state index contributed by atoms with van der Waals surface area (Å²) >= 11 is 6.11. The van der Waals surface area contributed by atoms with Gasteiger partial charge in [0.25, 0.3) is 5.91 Å². The van der Waals surface area contributed by atoms with Gasteiger partial charge in [-0.05, 0) is 51.3 Å². The maximum atomic E-state index is 12.5. The van der Waals surface area contributed by atoms with Gasteiger partial charge < -0.3 is 15.4 Å². The molecule has 1 saturated heterocycles. The quantitative estimate of drug-likeness (QED) is 0.934. The van der Waals surface area contributed by atoms with E-state index in [1.165, 1.54) is 0 Å². The van der Waals surface area contributed by atoms with Crippen LogP contribution in [0, 0.1) is 6.92 Å².